The number of nitrogens with zero attached hydrogens (tertiary/aromatic N) is 1. The highest BCUT2D eigenvalue weighted by atomic mass is 35.5. The molecule has 0 radical (unpaired) electrons. The Balaban J connectivity index is 1.89. The lowest BCUT2D eigenvalue weighted by molar-refractivity contribution is -0.122. The minimum atomic E-state index is -0.657. The predicted octanol–water partition coefficient (Wildman–Crippen LogP) is 2.71. The Hall–Kier alpha value is -2.60. The first kappa shape index (κ1) is 14.3. The van der Waals surface area contributed by atoms with Gasteiger partial charge in [0.25, 0.3) is 11.8 Å². The van der Waals surface area contributed by atoms with E-state index in [2.05, 4.69) is 15.6 Å². The molecule has 0 spiro atoms. The maximum absolute atomic E-state index is 12.4. The number of rotatable bonds is 2. The first-order valence-corrected chi connectivity index (χ1v) is 6.96. The maximum atomic E-state index is 12.4. The first-order valence-electron chi connectivity index (χ1n) is 6.58. The van der Waals surface area contributed by atoms with Crippen LogP contribution in [0.5, 0.6) is 5.75 Å². The first-order chi connectivity index (χ1) is 10.5. The molecular weight excluding hydrogens is 306 g/mol. The van der Waals surface area contributed by atoms with Gasteiger partial charge < -0.3 is 15.4 Å². The fourth-order valence-electron chi connectivity index (χ4n) is 2.04. The number of amides is 2. The van der Waals surface area contributed by atoms with Crippen LogP contribution in [0.2, 0.25) is 5.02 Å². The van der Waals surface area contributed by atoms with E-state index >= 15 is 0 Å². The molecule has 1 aromatic heterocycles. The maximum Gasteiger partial charge on any atom is 0.265 e. The molecule has 1 aliphatic rings. The smallest absolute Gasteiger partial charge is 0.265 e. The third kappa shape index (κ3) is 2.73. The van der Waals surface area contributed by atoms with Crippen LogP contribution in [-0.2, 0) is 4.79 Å². The van der Waals surface area contributed by atoms with Gasteiger partial charge in [-0.2, -0.15) is 0 Å². The molecule has 2 aromatic rings. The lowest BCUT2D eigenvalue weighted by Crippen LogP contribution is -2.35. The molecule has 0 aliphatic carbocycles. The fraction of sp³-hybridized carbons (Fsp3) is 0.133. The van der Waals surface area contributed by atoms with E-state index in [0.717, 1.165) is 0 Å². The molecule has 1 aliphatic heterocycles. The molecule has 2 heterocycles. The number of para-hydroxylation sites is 1. The highest BCUT2D eigenvalue weighted by Crippen LogP contribution is 2.33. The molecule has 2 amide bonds. The van der Waals surface area contributed by atoms with Crippen molar-refractivity contribution in [3.8, 4) is 5.75 Å². The van der Waals surface area contributed by atoms with Gasteiger partial charge in [0.05, 0.1) is 16.3 Å². The summed E-state index contributed by atoms with van der Waals surface area (Å²) < 4.78 is 5.54. The van der Waals surface area contributed by atoms with Crippen molar-refractivity contribution >= 4 is 34.9 Å². The summed E-state index contributed by atoms with van der Waals surface area (Å²) in [6.07, 6.45) is 0.784. The van der Waals surface area contributed by atoms with E-state index in [9.17, 15) is 9.59 Å². The van der Waals surface area contributed by atoms with Gasteiger partial charge in [-0.1, -0.05) is 17.7 Å². The topological polar surface area (TPSA) is 80.3 Å². The summed E-state index contributed by atoms with van der Waals surface area (Å²) in [4.78, 5) is 28.0. The van der Waals surface area contributed by atoms with Crippen molar-refractivity contribution in [1.29, 1.82) is 0 Å². The Kier molecular flexibility index (Phi) is 3.68. The van der Waals surface area contributed by atoms with Crippen LogP contribution in [0.4, 0.5) is 11.5 Å². The molecule has 0 fully saturated rings. The average Bonchev–Trinajstić information content (AvgIpc) is 2.50. The molecule has 6 nitrogen and oxygen atoms in total. The number of ether oxygens (including phenoxy) is 1. The van der Waals surface area contributed by atoms with E-state index < -0.39 is 6.10 Å². The van der Waals surface area contributed by atoms with Crippen LogP contribution in [0.3, 0.4) is 0 Å². The minimum absolute atomic E-state index is 0.246. The molecular formula is C15H12ClN3O3. The normalized spacial score (nSPS) is 16.3. The summed E-state index contributed by atoms with van der Waals surface area (Å²) in [5.41, 5.74) is 0.793. The predicted molar refractivity (Wildman–Crippen MR) is 82.4 cm³/mol. The van der Waals surface area contributed by atoms with Crippen LogP contribution in [-0.4, -0.2) is 22.9 Å². The zero-order chi connectivity index (χ0) is 15.7. The van der Waals surface area contributed by atoms with E-state index in [0.29, 0.717) is 27.8 Å². The SMILES string of the molecule is C[C@H]1Oc2c(cccc2C(=O)Nc2ccc(Cl)cn2)NC1=O. The number of aromatic nitrogens is 1. The quantitative estimate of drug-likeness (QED) is 0.892. The molecule has 22 heavy (non-hydrogen) atoms. The van der Waals surface area contributed by atoms with Gasteiger partial charge in [-0.15, -0.1) is 0 Å². The zero-order valence-corrected chi connectivity index (χ0v) is 12.3. The summed E-state index contributed by atoms with van der Waals surface area (Å²) in [5, 5.41) is 5.84. The molecule has 112 valence electrons. The van der Waals surface area contributed by atoms with Gasteiger partial charge in [-0.3, -0.25) is 9.59 Å². The Morgan fingerprint density at radius 3 is 2.91 bits per heavy atom. The molecule has 2 N–H and O–H groups in total. The molecule has 1 aromatic carbocycles. The summed E-state index contributed by atoms with van der Waals surface area (Å²) in [7, 11) is 0. The monoisotopic (exact) mass is 317 g/mol. The van der Waals surface area contributed by atoms with Crippen LogP contribution in [0.1, 0.15) is 17.3 Å². The number of anilines is 2. The second-order valence-electron chi connectivity index (χ2n) is 4.75. The number of carbonyl (C=O) groups is 2. The molecule has 0 saturated heterocycles. The summed E-state index contributed by atoms with van der Waals surface area (Å²) >= 11 is 5.75. The van der Waals surface area contributed by atoms with Gasteiger partial charge >= 0.3 is 0 Å². The highest BCUT2D eigenvalue weighted by molar-refractivity contribution is 6.30. The Morgan fingerprint density at radius 1 is 1.36 bits per heavy atom. The Morgan fingerprint density at radius 2 is 2.18 bits per heavy atom. The molecule has 0 saturated carbocycles. The Labute approximate surface area is 131 Å². The van der Waals surface area contributed by atoms with Crippen molar-refractivity contribution in [2.24, 2.45) is 0 Å². The lowest BCUT2D eigenvalue weighted by atomic mass is 10.1. The number of carbonyl (C=O) groups excluding carboxylic acids is 2. The molecule has 7 heteroatoms. The van der Waals surface area contributed by atoms with Crippen molar-refractivity contribution in [3.63, 3.8) is 0 Å². The second kappa shape index (κ2) is 5.65. The number of hydrogen-bond donors (Lipinski definition) is 2. The van der Waals surface area contributed by atoms with Crippen molar-refractivity contribution in [2.75, 3.05) is 10.6 Å². The van der Waals surface area contributed by atoms with Crippen LogP contribution in [0, 0.1) is 0 Å². The van der Waals surface area contributed by atoms with Gasteiger partial charge in [0.15, 0.2) is 11.9 Å². The van der Waals surface area contributed by atoms with E-state index in [4.69, 9.17) is 16.3 Å². The summed E-state index contributed by atoms with van der Waals surface area (Å²) in [5.74, 6) is 0.0976. The molecule has 1 atom stereocenters. The standard InChI is InChI=1S/C15H12ClN3O3/c1-8-14(20)18-11-4-2-3-10(13(11)22-8)15(21)19-12-6-5-9(16)7-17-12/h2-8H,1H3,(H,18,20)(H,17,19,21)/t8-/m1/s1. The van der Waals surface area contributed by atoms with Gasteiger partial charge in [-0.25, -0.2) is 4.98 Å². The van der Waals surface area contributed by atoms with E-state index in [1.54, 1.807) is 37.3 Å². The molecule has 3 rings (SSSR count). The lowest BCUT2D eigenvalue weighted by Gasteiger charge is -2.24. The number of pyridine rings is 1. The van der Waals surface area contributed by atoms with Crippen molar-refractivity contribution in [1.82, 2.24) is 4.98 Å². The minimum Gasteiger partial charge on any atom is -0.478 e. The number of fused-ring (bicyclic) bond motifs is 1. The van der Waals surface area contributed by atoms with Crippen LogP contribution < -0.4 is 15.4 Å². The summed E-state index contributed by atoms with van der Waals surface area (Å²) in [6.45, 7) is 1.62. The van der Waals surface area contributed by atoms with Crippen LogP contribution in [0.15, 0.2) is 36.5 Å². The number of nitrogens with one attached hydrogen (secondary N) is 2. The second-order valence-corrected chi connectivity index (χ2v) is 5.18. The van der Waals surface area contributed by atoms with E-state index in [-0.39, 0.29) is 11.8 Å². The number of benzene rings is 1. The van der Waals surface area contributed by atoms with E-state index in [1.165, 1.54) is 6.20 Å². The third-order valence-electron chi connectivity index (χ3n) is 3.15. The number of hydrogen-bond acceptors (Lipinski definition) is 4. The van der Waals surface area contributed by atoms with Gasteiger partial charge in [0, 0.05) is 6.20 Å². The van der Waals surface area contributed by atoms with Gasteiger partial charge in [0.2, 0.25) is 0 Å². The molecule has 0 unspecified atom stereocenters. The van der Waals surface area contributed by atoms with Crippen LogP contribution >= 0.6 is 11.6 Å². The van der Waals surface area contributed by atoms with Crippen LogP contribution in [0.25, 0.3) is 0 Å². The van der Waals surface area contributed by atoms with E-state index in [1.807, 2.05) is 0 Å². The third-order valence-corrected chi connectivity index (χ3v) is 3.37. The molecule has 0 bridgehead atoms. The number of halogens is 1. The largest absolute Gasteiger partial charge is 0.478 e. The summed E-state index contributed by atoms with van der Waals surface area (Å²) in [6, 6.07) is 8.19. The van der Waals surface area contributed by atoms with Crippen molar-refractivity contribution in [3.05, 3.63) is 47.1 Å². The Bertz CT molecular complexity index is 746. The van der Waals surface area contributed by atoms with Gasteiger partial charge in [0.1, 0.15) is 5.82 Å². The average molecular weight is 318 g/mol. The fourth-order valence-corrected chi connectivity index (χ4v) is 2.15. The van der Waals surface area contributed by atoms with Gasteiger partial charge in [-0.05, 0) is 31.2 Å². The zero-order valence-electron chi connectivity index (χ0n) is 11.6. The van der Waals surface area contributed by atoms with Crippen molar-refractivity contribution < 1.29 is 14.3 Å². The highest BCUT2D eigenvalue weighted by Gasteiger charge is 2.27. The van der Waals surface area contributed by atoms with Crippen molar-refractivity contribution in [2.45, 2.75) is 13.0 Å².